The number of piperazine rings is 2. The van der Waals surface area contributed by atoms with E-state index in [4.69, 9.17) is 16.3 Å². The van der Waals surface area contributed by atoms with E-state index in [9.17, 15) is 18.0 Å². The maximum atomic E-state index is 14.0. The van der Waals surface area contributed by atoms with Crippen LogP contribution in [0.15, 0.2) is 83.8 Å². The van der Waals surface area contributed by atoms with E-state index in [0.29, 0.717) is 49.2 Å². The second-order valence-electron chi connectivity index (χ2n) is 10.1. The van der Waals surface area contributed by atoms with Gasteiger partial charge in [-0.05, 0) is 67.6 Å². The predicted octanol–water partition coefficient (Wildman–Crippen LogP) is 3.99. The molecule has 0 radical (unpaired) electrons. The highest BCUT2D eigenvalue weighted by Gasteiger charge is 2.43. The summed E-state index contributed by atoms with van der Waals surface area (Å²) in [5.41, 5.74) is 1.64. The van der Waals surface area contributed by atoms with E-state index in [1.807, 2.05) is 37.3 Å². The van der Waals surface area contributed by atoms with Crippen molar-refractivity contribution in [1.82, 2.24) is 14.1 Å². The molecule has 1 unspecified atom stereocenters. The Bertz CT molecular complexity index is 1480. The first-order valence-corrected chi connectivity index (χ1v) is 15.7. The van der Waals surface area contributed by atoms with Crippen molar-refractivity contribution in [2.24, 2.45) is 0 Å². The van der Waals surface area contributed by atoms with E-state index < -0.39 is 22.1 Å². The summed E-state index contributed by atoms with van der Waals surface area (Å²) in [5.74, 6) is 0.369. The Morgan fingerprint density at radius 2 is 1.50 bits per heavy atom. The Hall–Kier alpha value is -3.80. The van der Waals surface area contributed by atoms with Crippen LogP contribution in [-0.2, 0) is 14.8 Å². The van der Waals surface area contributed by atoms with Crippen LogP contribution in [0.25, 0.3) is 0 Å². The molecule has 12 heteroatoms. The summed E-state index contributed by atoms with van der Waals surface area (Å²) in [4.78, 5) is 32.7. The number of ether oxygens (including phenoxy) is 1. The molecule has 3 aromatic carbocycles. The fraction of sp³-hybridized carbons (Fsp3) is 0.333. The molecule has 42 heavy (non-hydrogen) atoms. The van der Waals surface area contributed by atoms with E-state index in [1.165, 1.54) is 33.5 Å². The van der Waals surface area contributed by atoms with Crippen LogP contribution in [0.3, 0.4) is 0 Å². The number of hydrogen-bond donors (Lipinski definition) is 1. The van der Waals surface area contributed by atoms with Gasteiger partial charge >= 0.3 is 6.03 Å². The van der Waals surface area contributed by atoms with Gasteiger partial charge in [0.05, 0.1) is 11.5 Å². The van der Waals surface area contributed by atoms with Gasteiger partial charge in [-0.3, -0.25) is 4.79 Å². The number of sulfonamides is 1. The molecule has 2 saturated heterocycles. The molecule has 2 fully saturated rings. The van der Waals surface area contributed by atoms with Gasteiger partial charge in [-0.15, -0.1) is 0 Å². The number of halogens is 1. The number of para-hydroxylation sites is 1. The normalized spacial score (nSPS) is 18.0. The van der Waals surface area contributed by atoms with Crippen LogP contribution in [0.1, 0.15) is 6.92 Å². The molecule has 5 rings (SSSR count). The summed E-state index contributed by atoms with van der Waals surface area (Å²) in [6, 6.07) is 21.4. The lowest BCUT2D eigenvalue weighted by Crippen LogP contribution is -2.63. The Balaban J connectivity index is 1.34. The lowest BCUT2D eigenvalue weighted by Gasteiger charge is -2.43. The Morgan fingerprint density at radius 3 is 2.14 bits per heavy atom. The topological polar surface area (TPSA) is 102 Å². The SMILES string of the molecule is CCOc1ccc(NC(=O)N2CCN(S(=O)(=O)c3ccc(Cl)cc3)C(C(=O)N3CCN(c4ccccc4)CC3)C2)cc1. The monoisotopic (exact) mass is 611 g/mol. The van der Waals surface area contributed by atoms with Crippen LogP contribution in [0.2, 0.25) is 5.02 Å². The highest BCUT2D eigenvalue weighted by atomic mass is 35.5. The zero-order valence-electron chi connectivity index (χ0n) is 23.4. The number of amides is 3. The van der Waals surface area contributed by atoms with Crippen molar-refractivity contribution in [3.63, 3.8) is 0 Å². The largest absolute Gasteiger partial charge is 0.494 e. The van der Waals surface area contributed by atoms with Crippen LogP contribution in [-0.4, -0.2) is 92.9 Å². The van der Waals surface area contributed by atoms with Crippen LogP contribution in [0, 0.1) is 0 Å². The highest BCUT2D eigenvalue weighted by Crippen LogP contribution is 2.26. The standard InChI is InChI=1S/C30H34ClN5O5S/c1-2-41-26-12-10-24(11-13-26)32-30(38)35-20-21-36(42(39,40)27-14-8-23(31)9-15-27)28(22-35)29(37)34-18-16-33(17-19-34)25-6-4-3-5-7-25/h3-15,28H,2,16-22H2,1H3,(H,32,38). The minimum absolute atomic E-state index is 0.0257. The lowest BCUT2D eigenvalue weighted by atomic mass is 10.1. The third-order valence-electron chi connectivity index (χ3n) is 7.45. The van der Waals surface area contributed by atoms with Crippen LogP contribution in [0.5, 0.6) is 5.75 Å². The number of nitrogens with zero attached hydrogens (tertiary/aromatic N) is 4. The summed E-state index contributed by atoms with van der Waals surface area (Å²) in [6.45, 7) is 4.57. The van der Waals surface area contributed by atoms with E-state index in [-0.39, 0.29) is 30.4 Å². The zero-order chi connectivity index (χ0) is 29.7. The van der Waals surface area contributed by atoms with E-state index in [1.54, 1.807) is 29.2 Å². The molecule has 222 valence electrons. The number of nitrogens with one attached hydrogen (secondary N) is 1. The molecule has 0 aliphatic carbocycles. The average molecular weight is 612 g/mol. The summed E-state index contributed by atoms with van der Waals surface area (Å²) in [6.07, 6.45) is 0. The van der Waals surface area contributed by atoms with Crippen molar-refractivity contribution < 1.29 is 22.7 Å². The molecule has 3 aromatic rings. The molecular weight excluding hydrogens is 578 g/mol. The molecule has 0 spiro atoms. The number of urea groups is 1. The maximum Gasteiger partial charge on any atom is 0.321 e. The van der Waals surface area contributed by atoms with Crippen LogP contribution in [0.4, 0.5) is 16.2 Å². The van der Waals surface area contributed by atoms with E-state index in [0.717, 1.165) is 5.69 Å². The van der Waals surface area contributed by atoms with Gasteiger partial charge in [0, 0.05) is 62.2 Å². The molecule has 2 aliphatic heterocycles. The second kappa shape index (κ2) is 13.0. The van der Waals surface area contributed by atoms with Gasteiger partial charge in [-0.1, -0.05) is 29.8 Å². The number of carbonyl (C=O) groups excluding carboxylic acids is 2. The molecule has 2 aliphatic rings. The molecule has 0 bridgehead atoms. The van der Waals surface area contributed by atoms with Gasteiger partial charge < -0.3 is 24.8 Å². The van der Waals surface area contributed by atoms with Gasteiger partial charge in [0.25, 0.3) is 0 Å². The van der Waals surface area contributed by atoms with Gasteiger partial charge in [0.15, 0.2) is 0 Å². The molecule has 0 saturated carbocycles. The third kappa shape index (κ3) is 6.64. The molecule has 1 N–H and O–H groups in total. The quantitative estimate of drug-likeness (QED) is 0.433. The first-order chi connectivity index (χ1) is 20.3. The Kier molecular flexibility index (Phi) is 9.20. The minimum Gasteiger partial charge on any atom is -0.494 e. The molecule has 1 atom stereocenters. The number of anilines is 2. The number of hydrogen-bond acceptors (Lipinski definition) is 6. The van der Waals surface area contributed by atoms with Crippen LogP contribution >= 0.6 is 11.6 Å². The minimum atomic E-state index is -4.04. The van der Waals surface area contributed by atoms with Crippen LogP contribution < -0.4 is 15.0 Å². The highest BCUT2D eigenvalue weighted by molar-refractivity contribution is 7.89. The molecule has 10 nitrogen and oxygen atoms in total. The molecule has 3 amide bonds. The zero-order valence-corrected chi connectivity index (χ0v) is 24.9. The number of benzene rings is 3. The van der Waals surface area contributed by atoms with Crippen molar-refractivity contribution in [2.75, 3.05) is 62.6 Å². The smallest absolute Gasteiger partial charge is 0.321 e. The van der Waals surface area contributed by atoms with E-state index in [2.05, 4.69) is 10.2 Å². The average Bonchev–Trinajstić information content (AvgIpc) is 3.02. The first kappa shape index (κ1) is 29.7. The Labute approximate surface area is 251 Å². The Morgan fingerprint density at radius 1 is 0.857 bits per heavy atom. The fourth-order valence-electron chi connectivity index (χ4n) is 5.22. The van der Waals surface area contributed by atoms with Crippen molar-refractivity contribution in [1.29, 1.82) is 0 Å². The lowest BCUT2D eigenvalue weighted by molar-refractivity contribution is -0.137. The second-order valence-corrected chi connectivity index (χ2v) is 12.4. The fourth-order valence-corrected chi connectivity index (χ4v) is 6.91. The number of carbonyl (C=O) groups is 2. The van der Waals surface area contributed by atoms with Gasteiger partial charge in [-0.25, -0.2) is 13.2 Å². The summed E-state index contributed by atoms with van der Waals surface area (Å²) in [7, 11) is -4.04. The maximum absolute atomic E-state index is 14.0. The third-order valence-corrected chi connectivity index (χ3v) is 9.63. The summed E-state index contributed by atoms with van der Waals surface area (Å²) >= 11 is 6.00. The predicted molar refractivity (Wildman–Crippen MR) is 163 cm³/mol. The number of rotatable bonds is 7. The molecule has 0 aromatic heterocycles. The van der Waals surface area contributed by atoms with Gasteiger partial charge in [0.2, 0.25) is 15.9 Å². The van der Waals surface area contributed by atoms with E-state index >= 15 is 0 Å². The summed E-state index contributed by atoms with van der Waals surface area (Å²) in [5, 5.41) is 3.26. The van der Waals surface area contributed by atoms with Crippen molar-refractivity contribution in [3.05, 3.63) is 83.9 Å². The van der Waals surface area contributed by atoms with Crippen molar-refractivity contribution in [3.8, 4) is 5.75 Å². The first-order valence-electron chi connectivity index (χ1n) is 13.9. The molecule has 2 heterocycles. The summed E-state index contributed by atoms with van der Waals surface area (Å²) < 4.78 is 34.2. The van der Waals surface area contributed by atoms with Crippen molar-refractivity contribution >= 4 is 44.9 Å². The van der Waals surface area contributed by atoms with Gasteiger partial charge in [-0.2, -0.15) is 4.31 Å². The van der Waals surface area contributed by atoms with Gasteiger partial charge in [0.1, 0.15) is 11.8 Å². The van der Waals surface area contributed by atoms with Crippen molar-refractivity contribution in [2.45, 2.75) is 17.9 Å². The molecular formula is C30H34ClN5O5S.